The zero-order chi connectivity index (χ0) is 17.9. The minimum Gasteiger partial charge on any atom is -0.550 e. The van der Waals surface area contributed by atoms with E-state index in [9.17, 15) is 19.8 Å². The Bertz CT molecular complexity index is 292. The number of carbonyl (C=O) groups is 2. The van der Waals surface area contributed by atoms with Gasteiger partial charge >= 0.3 is 103 Å². The molecule has 0 aromatic carbocycles. The molecule has 0 N–H and O–H groups in total. The zero-order valence-electron chi connectivity index (χ0n) is 16.8. The minimum atomic E-state index is -0.931. The molecule has 4 nitrogen and oxygen atoms in total. The first-order valence-electron chi connectivity index (χ1n) is 9.27. The number of hydrogen-bond donors (Lipinski definition) is 0. The van der Waals surface area contributed by atoms with E-state index in [1.54, 1.807) is 0 Å². The molecule has 0 atom stereocenters. The fourth-order valence-corrected chi connectivity index (χ4v) is 4.69. The maximum atomic E-state index is 10.2. The molecule has 0 bridgehead atoms. The number of rotatable bonds is 19. The van der Waals surface area contributed by atoms with Crippen LogP contribution in [0.15, 0.2) is 0 Å². The van der Waals surface area contributed by atoms with Gasteiger partial charge in [0.15, 0.2) is 0 Å². The second kappa shape index (κ2) is 27.9. The Hall–Kier alpha value is 2.91. The van der Waals surface area contributed by atoms with Gasteiger partial charge in [-0.15, -0.1) is 0 Å². The van der Waals surface area contributed by atoms with Gasteiger partial charge in [0, 0.05) is 23.4 Å². The van der Waals surface area contributed by atoms with Crippen LogP contribution in [0, 0.1) is 0 Å². The van der Waals surface area contributed by atoms with Crippen molar-refractivity contribution in [3.05, 3.63) is 0 Å². The second-order valence-corrected chi connectivity index (χ2v) is 8.83. The summed E-state index contributed by atoms with van der Waals surface area (Å²) < 4.78 is 0. The van der Waals surface area contributed by atoms with Crippen LogP contribution in [0.25, 0.3) is 0 Å². The SMILES string of the molecule is O=C([O-])CCCCCCCCSSCCCCCCCCC(=O)[O-].[K+].[K+]. The zero-order valence-corrected chi connectivity index (χ0v) is 24.6. The van der Waals surface area contributed by atoms with E-state index >= 15 is 0 Å². The van der Waals surface area contributed by atoms with Crippen molar-refractivity contribution in [2.75, 3.05) is 11.5 Å². The standard InChI is InChI=1S/C18H34O4S2.2K/c19-17(20)13-9-5-1-3-7-11-15-23-24-16-12-8-4-2-6-10-14-18(21)22;;/h1-16H2,(H,19,20)(H,21,22);;/q;2*+1/p-2. The molecular formula is C18H32K2O4S2. The van der Waals surface area contributed by atoms with Crippen molar-refractivity contribution in [3.8, 4) is 0 Å². The van der Waals surface area contributed by atoms with Gasteiger partial charge in [-0.3, -0.25) is 0 Å². The van der Waals surface area contributed by atoms with Crippen LogP contribution in [-0.2, 0) is 9.59 Å². The van der Waals surface area contributed by atoms with Gasteiger partial charge < -0.3 is 19.8 Å². The van der Waals surface area contributed by atoms with E-state index in [0.29, 0.717) is 0 Å². The molecule has 0 saturated carbocycles. The molecule has 0 aliphatic carbocycles. The third-order valence-corrected chi connectivity index (χ3v) is 6.38. The van der Waals surface area contributed by atoms with Gasteiger partial charge in [0.25, 0.3) is 0 Å². The molecular weight excluding hydrogens is 423 g/mol. The second-order valence-electron chi connectivity index (χ2n) is 6.13. The van der Waals surface area contributed by atoms with Crippen LogP contribution in [0.2, 0.25) is 0 Å². The number of hydrogen-bond acceptors (Lipinski definition) is 6. The van der Waals surface area contributed by atoms with Crippen LogP contribution in [0.1, 0.15) is 89.9 Å². The molecule has 0 amide bonds. The van der Waals surface area contributed by atoms with Crippen molar-refractivity contribution in [1.82, 2.24) is 0 Å². The summed E-state index contributed by atoms with van der Waals surface area (Å²) in [7, 11) is 3.92. The summed E-state index contributed by atoms with van der Waals surface area (Å²) >= 11 is 0. The van der Waals surface area contributed by atoms with Gasteiger partial charge in [-0.1, -0.05) is 73.0 Å². The number of carboxylic acid groups (broad SMARTS) is 2. The van der Waals surface area contributed by atoms with Gasteiger partial charge in [-0.2, -0.15) is 0 Å². The third-order valence-electron chi connectivity index (χ3n) is 3.80. The van der Waals surface area contributed by atoms with Gasteiger partial charge in [0.1, 0.15) is 0 Å². The van der Waals surface area contributed by atoms with E-state index in [1.807, 2.05) is 21.6 Å². The van der Waals surface area contributed by atoms with Crippen molar-refractivity contribution in [2.45, 2.75) is 89.9 Å². The summed E-state index contributed by atoms with van der Waals surface area (Å²) in [4.78, 5) is 20.5. The summed E-state index contributed by atoms with van der Waals surface area (Å²) in [5.74, 6) is 0.540. The fraction of sp³-hybridized carbons (Fsp3) is 0.889. The van der Waals surface area contributed by atoms with E-state index in [-0.39, 0.29) is 116 Å². The number of unbranched alkanes of at least 4 members (excludes halogenated alkanes) is 10. The average molecular weight is 455 g/mol. The van der Waals surface area contributed by atoms with Crippen LogP contribution >= 0.6 is 21.6 Å². The Morgan fingerprint density at radius 2 is 0.769 bits per heavy atom. The number of carboxylic acids is 2. The molecule has 0 aliphatic rings. The smallest absolute Gasteiger partial charge is 0.550 e. The van der Waals surface area contributed by atoms with E-state index < -0.39 is 11.9 Å². The van der Waals surface area contributed by atoms with Crippen LogP contribution in [0.3, 0.4) is 0 Å². The maximum absolute atomic E-state index is 10.2. The van der Waals surface area contributed by atoms with E-state index in [4.69, 9.17) is 0 Å². The summed E-state index contributed by atoms with van der Waals surface area (Å²) in [5, 5.41) is 20.5. The molecule has 0 heterocycles. The minimum absolute atomic E-state index is 0. The third kappa shape index (κ3) is 31.6. The van der Waals surface area contributed by atoms with Crippen molar-refractivity contribution in [3.63, 3.8) is 0 Å². The van der Waals surface area contributed by atoms with Gasteiger partial charge in [0.05, 0.1) is 0 Å². The summed E-state index contributed by atoms with van der Waals surface area (Å²) in [6, 6.07) is 0. The monoisotopic (exact) mass is 454 g/mol. The molecule has 0 spiro atoms. The van der Waals surface area contributed by atoms with Crippen molar-refractivity contribution in [1.29, 1.82) is 0 Å². The Labute approximate surface area is 252 Å². The summed E-state index contributed by atoms with van der Waals surface area (Å²) in [5.41, 5.74) is 0. The normalized spacial score (nSPS) is 10.0. The molecule has 8 heteroatoms. The molecule has 0 fully saturated rings. The summed E-state index contributed by atoms with van der Waals surface area (Å²) in [6.45, 7) is 0. The van der Waals surface area contributed by atoms with E-state index in [0.717, 1.165) is 38.5 Å². The van der Waals surface area contributed by atoms with Gasteiger partial charge in [-0.05, 0) is 38.5 Å². The quantitative estimate of drug-likeness (QED) is 0.120. The molecule has 0 aliphatic heterocycles. The topological polar surface area (TPSA) is 80.3 Å². The van der Waals surface area contributed by atoms with Crippen molar-refractivity contribution < 1.29 is 123 Å². The molecule has 0 radical (unpaired) electrons. The first kappa shape index (κ1) is 33.5. The van der Waals surface area contributed by atoms with Crippen LogP contribution < -0.4 is 113 Å². The largest absolute Gasteiger partial charge is 1.00 e. The number of carbonyl (C=O) groups excluding carboxylic acids is 2. The Kier molecular flexibility index (Phi) is 36.0. The molecule has 0 saturated heterocycles. The Balaban J connectivity index is -0.00000264. The molecule has 0 rings (SSSR count). The first-order chi connectivity index (χ1) is 11.6. The van der Waals surface area contributed by atoms with Gasteiger partial charge in [0.2, 0.25) is 0 Å². The van der Waals surface area contributed by atoms with Gasteiger partial charge in [-0.25, -0.2) is 0 Å². The maximum Gasteiger partial charge on any atom is 1.00 e. The predicted octanol–water partition coefficient (Wildman–Crippen LogP) is -2.66. The molecule has 0 aromatic rings. The number of aliphatic carboxylic acids is 2. The Morgan fingerprint density at radius 3 is 1.08 bits per heavy atom. The molecule has 142 valence electrons. The average Bonchev–Trinajstić information content (AvgIpc) is 2.53. The van der Waals surface area contributed by atoms with E-state index in [1.165, 1.54) is 50.0 Å². The van der Waals surface area contributed by atoms with Crippen molar-refractivity contribution in [2.24, 2.45) is 0 Å². The molecule has 0 aromatic heterocycles. The predicted molar refractivity (Wildman–Crippen MR) is 99.6 cm³/mol. The van der Waals surface area contributed by atoms with Crippen LogP contribution in [0.4, 0.5) is 0 Å². The molecule has 26 heavy (non-hydrogen) atoms. The molecule has 0 unspecified atom stereocenters. The van der Waals surface area contributed by atoms with E-state index in [2.05, 4.69) is 0 Å². The van der Waals surface area contributed by atoms with Crippen LogP contribution in [0.5, 0.6) is 0 Å². The fourth-order valence-electron chi connectivity index (χ4n) is 2.39. The van der Waals surface area contributed by atoms with Crippen molar-refractivity contribution >= 4 is 33.5 Å². The first-order valence-corrected chi connectivity index (χ1v) is 11.8. The van der Waals surface area contributed by atoms with Crippen LogP contribution in [-0.4, -0.2) is 23.4 Å². The Morgan fingerprint density at radius 1 is 0.500 bits per heavy atom. The summed E-state index contributed by atoms with van der Waals surface area (Å²) in [6.07, 6.45) is 13.6.